The molecule has 2 amide bonds. The lowest BCUT2D eigenvalue weighted by Crippen LogP contribution is -2.42. The fourth-order valence-electron chi connectivity index (χ4n) is 2.89. The molecule has 1 unspecified atom stereocenters. The van der Waals surface area contributed by atoms with E-state index in [0.29, 0.717) is 12.0 Å². The number of likely N-dealkylation sites (N-methyl/N-ethyl adjacent to an activating group) is 1. The largest absolute Gasteiger partial charge is 0.323 e. The predicted octanol–water partition coefficient (Wildman–Crippen LogP) is 0.588. The third-order valence-electron chi connectivity index (χ3n) is 4.05. The normalized spacial score (nSPS) is 27.6. The summed E-state index contributed by atoms with van der Waals surface area (Å²) in [5, 5.41) is 8.69. The molecule has 0 aromatic rings. The number of nitrogens with zero attached hydrogens (tertiary/aromatic N) is 4. The van der Waals surface area contributed by atoms with Gasteiger partial charge < -0.3 is 14.7 Å². The van der Waals surface area contributed by atoms with Crippen molar-refractivity contribution in [1.29, 1.82) is 5.26 Å². The molecule has 0 bridgehead atoms. The Morgan fingerprint density at radius 3 is 2.59 bits per heavy atom. The van der Waals surface area contributed by atoms with Gasteiger partial charge in [-0.25, -0.2) is 4.79 Å². The summed E-state index contributed by atoms with van der Waals surface area (Å²) < 4.78 is 0. The van der Waals surface area contributed by atoms with E-state index in [1.165, 1.54) is 0 Å². The lowest BCUT2D eigenvalue weighted by Gasteiger charge is -2.34. The Kier molecular flexibility index (Phi) is 3.53. The van der Waals surface area contributed by atoms with Crippen LogP contribution in [-0.4, -0.2) is 67.0 Å². The molecule has 1 atom stereocenters. The molecule has 2 heterocycles. The number of amides is 2. The molecule has 0 aliphatic carbocycles. The zero-order valence-electron chi connectivity index (χ0n) is 10.6. The van der Waals surface area contributed by atoms with E-state index in [0.717, 1.165) is 32.5 Å². The first kappa shape index (κ1) is 12.2. The average Bonchev–Trinajstić information content (AvgIpc) is 2.59. The third kappa shape index (κ3) is 2.37. The molecule has 0 saturated carbocycles. The van der Waals surface area contributed by atoms with E-state index >= 15 is 0 Å². The van der Waals surface area contributed by atoms with E-state index in [9.17, 15) is 4.79 Å². The van der Waals surface area contributed by atoms with Gasteiger partial charge in [0.15, 0.2) is 0 Å². The lowest BCUT2D eigenvalue weighted by molar-refractivity contribution is 0.150. The summed E-state index contributed by atoms with van der Waals surface area (Å²) in [6.07, 6.45) is 2.30. The molecule has 0 N–H and O–H groups in total. The van der Waals surface area contributed by atoms with Gasteiger partial charge in [0.1, 0.15) is 6.54 Å². The van der Waals surface area contributed by atoms with Gasteiger partial charge in [0.05, 0.1) is 12.1 Å². The molecule has 5 heteroatoms. The standard InChI is InChI=1S/C12H20N4O/c1-14-6-3-10(4-7-14)11-9-16(8-5-13)12(17)15(11)2/h10-11H,3-4,6-9H2,1-2H3. The fraction of sp³-hybridized carbons (Fsp3) is 0.833. The van der Waals surface area contributed by atoms with E-state index in [-0.39, 0.29) is 12.6 Å². The fourth-order valence-corrected chi connectivity index (χ4v) is 2.89. The SMILES string of the molecule is CN1CCC(C2CN(CC#N)C(=O)N2C)CC1. The number of piperidine rings is 1. The molecule has 5 nitrogen and oxygen atoms in total. The topological polar surface area (TPSA) is 50.6 Å². The highest BCUT2D eigenvalue weighted by molar-refractivity contribution is 5.77. The van der Waals surface area contributed by atoms with Crippen molar-refractivity contribution >= 4 is 6.03 Å². The summed E-state index contributed by atoms with van der Waals surface area (Å²) in [7, 11) is 4.00. The Balaban J connectivity index is 1.98. The summed E-state index contributed by atoms with van der Waals surface area (Å²) in [5.41, 5.74) is 0. The first-order chi connectivity index (χ1) is 8.13. The van der Waals surface area contributed by atoms with Gasteiger partial charge in [-0.15, -0.1) is 0 Å². The molecule has 0 radical (unpaired) electrons. The van der Waals surface area contributed by atoms with Crippen LogP contribution < -0.4 is 0 Å². The number of urea groups is 1. The summed E-state index contributed by atoms with van der Waals surface area (Å²) in [5.74, 6) is 0.587. The van der Waals surface area contributed by atoms with E-state index < -0.39 is 0 Å². The number of carbonyl (C=O) groups excluding carboxylic acids is 1. The molecule has 94 valence electrons. The summed E-state index contributed by atoms with van der Waals surface area (Å²) in [4.78, 5) is 17.7. The minimum Gasteiger partial charge on any atom is -0.323 e. The second-order valence-electron chi connectivity index (χ2n) is 5.14. The van der Waals surface area contributed by atoms with Gasteiger partial charge >= 0.3 is 6.03 Å². The van der Waals surface area contributed by atoms with Crippen molar-refractivity contribution in [2.24, 2.45) is 5.92 Å². The van der Waals surface area contributed by atoms with Gasteiger partial charge in [-0.1, -0.05) is 0 Å². The quantitative estimate of drug-likeness (QED) is 0.659. The van der Waals surface area contributed by atoms with Crippen molar-refractivity contribution in [3.63, 3.8) is 0 Å². The van der Waals surface area contributed by atoms with Crippen LogP contribution in [0.4, 0.5) is 4.79 Å². The maximum Gasteiger partial charge on any atom is 0.320 e. The van der Waals surface area contributed by atoms with Crippen LogP contribution in [0.25, 0.3) is 0 Å². The zero-order chi connectivity index (χ0) is 12.4. The molecular formula is C12H20N4O. The Morgan fingerprint density at radius 2 is 2.00 bits per heavy atom. The first-order valence-electron chi connectivity index (χ1n) is 6.20. The second-order valence-corrected chi connectivity index (χ2v) is 5.14. The third-order valence-corrected chi connectivity index (χ3v) is 4.05. The van der Waals surface area contributed by atoms with Gasteiger partial charge in [-0.3, -0.25) is 0 Å². The van der Waals surface area contributed by atoms with Crippen molar-refractivity contribution in [2.75, 3.05) is 40.3 Å². The molecule has 2 aliphatic rings. The zero-order valence-corrected chi connectivity index (χ0v) is 10.6. The van der Waals surface area contributed by atoms with Gasteiger partial charge in [0.25, 0.3) is 0 Å². The highest BCUT2D eigenvalue weighted by atomic mass is 16.2. The van der Waals surface area contributed by atoms with Crippen molar-refractivity contribution in [3.8, 4) is 6.07 Å². The summed E-state index contributed by atoms with van der Waals surface area (Å²) in [6.45, 7) is 3.16. The minimum absolute atomic E-state index is 0.00970. The van der Waals surface area contributed by atoms with Crippen LogP contribution in [0.1, 0.15) is 12.8 Å². The van der Waals surface area contributed by atoms with Gasteiger partial charge in [0, 0.05) is 13.6 Å². The number of carbonyl (C=O) groups is 1. The Hall–Kier alpha value is -1.28. The molecule has 2 rings (SSSR count). The van der Waals surface area contributed by atoms with Gasteiger partial charge in [0.2, 0.25) is 0 Å². The Labute approximate surface area is 103 Å². The Morgan fingerprint density at radius 1 is 1.35 bits per heavy atom. The number of likely N-dealkylation sites (tertiary alicyclic amines) is 1. The number of nitriles is 1. The van der Waals surface area contributed by atoms with Gasteiger partial charge in [-0.2, -0.15) is 5.26 Å². The monoisotopic (exact) mass is 236 g/mol. The highest BCUT2D eigenvalue weighted by Crippen LogP contribution is 2.27. The van der Waals surface area contributed by atoms with Crippen LogP contribution in [0, 0.1) is 17.2 Å². The predicted molar refractivity (Wildman–Crippen MR) is 64.4 cm³/mol. The number of hydrogen-bond donors (Lipinski definition) is 0. The van der Waals surface area contributed by atoms with Crippen molar-refractivity contribution in [3.05, 3.63) is 0 Å². The summed E-state index contributed by atoms with van der Waals surface area (Å²) >= 11 is 0. The minimum atomic E-state index is 0.00970. The lowest BCUT2D eigenvalue weighted by atomic mass is 9.89. The molecular weight excluding hydrogens is 216 g/mol. The smallest absolute Gasteiger partial charge is 0.320 e. The maximum absolute atomic E-state index is 11.9. The van der Waals surface area contributed by atoms with Crippen molar-refractivity contribution in [1.82, 2.24) is 14.7 Å². The van der Waals surface area contributed by atoms with Crippen LogP contribution in [0.2, 0.25) is 0 Å². The molecule has 0 aromatic heterocycles. The maximum atomic E-state index is 11.9. The average molecular weight is 236 g/mol. The molecule has 2 aliphatic heterocycles. The molecule has 0 aromatic carbocycles. The molecule has 2 fully saturated rings. The van der Waals surface area contributed by atoms with Crippen LogP contribution in [0.15, 0.2) is 0 Å². The van der Waals surface area contributed by atoms with E-state index in [1.54, 1.807) is 4.90 Å². The Bertz CT molecular complexity index is 330. The molecule has 17 heavy (non-hydrogen) atoms. The van der Waals surface area contributed by atoms with Crippen LogP contribution >= 0.6 is 0 Å². The van der Waals surface area contributed by atoms with Crippen molar-refractivity contribution in [2.45, 2.75) is 18.9 Å². The second kappa shape index (κ2) is 4.92. The van der Waals surface area contributed by atoms with Crippen LogP contribution in [-0.2, 0) is 0 Å². The summed E-state index contributed by atoms with van der Waals surface area (Å²) in [6, 6.07) is 2.37. The van der Waals surface area contributed by atoms with Crippen LogP contribution in [0.3, 0.4) is 0 Å². The number of hydrogen-bond acceptors (Lipinski definition) is 3. The highest BCUT2D eigenvalue weighted by Gasteiger charge is 2.39. The van der Waals surface area contributed by atoms with Crippen molar-refractivity contribution < 1.29 is 4.79 Å². The molecule has 0 spiro atoms. The van der Waals surface area contributed by atoms with E-state index in [4.69, 9.17) is 5.26 Å². The van der Waals surface area contributed by atoms with E-state index in [1.807, 2.05) is 11.9 Å². The number of rotatable bonds is 2. The van der Waals surface area contributed by atoms with Gasteiger partial charge in [-0.05, 0) is 38.9 Å². The van der Waals surface area contributed by atoms with E-state index in [2.05, 4.69) is 18.0 Å². The first-order valence-corrected chi connectivity index (χ1v) is 6.20. The van der Waals surface area contributed by atoms with Crippen LogP contribution in [0.5, 0.6) is 0 Å². The molecule has 2 saturated heterocycles.